The van der Waals surface area contributed by atoms with Crippen molar-refractivity contribution in [2.24, 2.45) is 10.9 Å². The summed E-state index contributed by atoms with van der Waals surface area (Å²) in [6.07, 6.45) is 12.0. The number of aromatic nitrogens is 1. The average molecular weight is 708 g/mol. The molecule has 4 N–H and O–H groups in total. The molecule has 1 aromatic heterocycles. The number of nitrogen functional groups attached to an aromatic ring is 1. The van der Waals surface area contributed by atoms with Crippen LogP contribution in [0, 0.1) is 5.92 Å². The van der Waals surface area contributed by atoms with Crippen molar-refractivity contribution in [2.75, 3.05) is 55.8 Å². The van der Waals surface area contributed by atoms with Gasteiger partial charge < -0.3 is 25.3 Å². The molecule has 0 radical (unpaired) electrons. The van der Waals surface area contributed by atoms with Gasteiger partial charge >= 0.3 is 0 Å². The van der Waals surface area contributed by atoms with Gasteiger partial charge in [0.05, 0.1) is 18.6 Å². The summed E-state index contributed by atoms with van der Waals surface area (Å²) in [6, 6.07) is 15.4. The number of piperazine rings is 1. The Balaban J connectivity index is 0.861. The Morgan fingerprint density at radius 3 is 2.42 bits per heavy atom. The van der Waals surface area contributed by atoms with E-state index < -0.39 is 5.91 Å². The van der Waals surface area contributed by atoms with Crippen LogP contribution in [0.15, 0.2) is 64.5 Å². The first kappa shape index (κ1) is 35.4. The van der Waals surface area contributed by atoms with Crippen LogP contribution < -0.4 is 31.6 Å². The highest BCUT2D eigenvalue weighted by molar-refractivity contribution is 6.08. The van der Waals surface area contributed by atoms with E-state index >= 15 is 0 Å². The van der Waals surface area contributed by atoms with Gasteiger partial charge in [0.25, 0.3) is 11.5 Å². The van der Waals surface area contributed by atoms with Gasteiger partial charge in [0.15, 0.2) is 0 Å². The smallest absolute Gasteiger partial charge is 0.274 e. The summed E-state index contributed by atoms with van der Waals surface area (Å²) in [5.41, 5.74) is 9.96. The van der Waals surface area contributed by atoms with E-state index in [0.717, 1.165) is 76.8 Å². The minimum atomic E-state index is -0.431. The molecular formula is C40H49N7O5. The average Bonchev–Trinajstić information content (AvgIpc) is 4.01. The van der Waals surface area contributed by atoms with Crippen molar-refractivity contribution in [1.82, 2.24) is 14.8 Å². The normalized spacial score (nSPS) is 22.7. The third-order valence-corrected chi connectivity index (χ3v) is 11.2. The molecule has 3 aromatic rings. The molecule has 12 heteroatoms. The van der Waals surface area contributed by atoms with Gasteiger partial charge in [-0.25, -0.2) is 0 Å². The molecule has 0 bridgehead atoms. The highest BCUT2D eigenvalue weighted by atomic mass is 16.5. The van der Waals surface area contributed by atoms with Crippen LogP contribution in [0.2, 0.25) is 0 Å². The topological polar surface area (TPSA) is 151 Å². The lowest BCUT2D eigenvalue weighted by atomic mass is 9.84. The number of amides is 3. The number of hydrogen-bond donors (Lipinski definition) is 3. The fourth-order valence-corrected chi connectivity index (χ4v) is 7.80. The Hall–Kier alpha value is -4.97. The lowest BCUT2D eigenvalue weighted by molar-refractivity contribution is -0.134. The molecule has 3 amide bonds. The number of imide groups is 1. The number of anilines is 3. The summed E-state index contributed by atoms with van der Waals surface area (Å²) < 4.78 is 7.16. The highest BCUT2D eigenvalue weighted by Gasteiger charge is 2.29. The van der Waals surface area contributed by atoms with Crippen molar-refractivity contribution < 1.29 is 19.1 Å². The van der Waals surface area contributed by atoms with E-state index in [1.807, 2.05) is 12.1 Å². The quantitative estimate of drug-likeness (QED) is 0.147. The van der Waals surface area contributed by atoms with Gasteiger partial charge in [-0.15, -0.1) is 0 Å². The Kier molecular flexibility index (Phi) is 10.7. The fourth-order valence-electron chi connectivity index (χ4n) is 7.80. The first-order valence-corrected chi connectivity index (χ1v) is 18.7. The molecule has 0 spiro atoms. The number of nitrogens with two attached hydrogens (primary N) is 1. The second kappa shape index (κ2) is 15.7. The monoisotopic (exact) mass is 707 g/mol. The van der Waals surface area contributed by atoms with Gasteiger partial charge in [0.2, 0.25) is 11.8 Å². The van der Waals surface area contributed by atoms with Crippen LogP contribution in [-0.4, -0.2) is 79.3 Å². The maximum Gasteiger partial charge on any atom is 0.274 e. The molecule has 4 aliphatic rings. The van der Waals surface area contributed by atoms with E-state index in [-0.39, 0.29) is 41.1 Å². The first-order valence-electron chi connectivity index (χ1n) is 18.7. The number of carbonyl (C=O) groups excluding carboxylic acids is 3. The molecule has 2 aromatic carbocycles. The Bertz CT molecular complexity index is 1870. The first-order chi connectivity index (χ1) is 25.2. The summed E-state index contributed by atoms with van der Waals surface area (Å²) in [7, 11) is 1.49. The van der Waals surface area contributed by atoms with Gasteiger partial charge in [0.1, 0.15) is 11.4 Å². The summed E-state index contributed by atoms with van der Waals surface area (Å²) in [6.45, 7) is 5.11. The molecular weight excluding hydrogens is 658 g/mol. The third-order valence-electron chi connectivity index (χ3n) is 11.2. The Labute approximate surface area is 304 Å². The number of carbonyl (C=O) groups is 3. The van der Waals surface area contributed by atoms with Gasteiger partial charge in [0, 0.05) is 80.1 Å². The lowest BCUT2D eigenvalue weighted by Gasteiger charge is -2.37. The number of pyridine rings is 1. The van der Waals surface area contributed by atoms with Gasteiger partial charge in [-0.2, -0.15) is 0 Å². The molecule has 52 heavy (non-hydrogen) atoms. The summed E-state index contributed by atoms with van der Waals surface area (Å²) in [5, 5.41) is 5.23. The van der Waals surface area contributed by atoms with Crippen molar-refractivity contribution in [3.05, 3.63) is 81.8 Å². The summed E-state index contributed by atoms with van der Waals surface area (Å²) in [4.78, 5) is 59.8. The predicted octanol–water partition coefficient (Wildman–Crippen LogP) is 4.74. The van der Waals surface area contributed by atoms with Crippen molar-refractivity contribution in [2.45, 2.75) is 75.8 Å². The number of rotatable bonds is 11. The molecule has 2 aliphatic heterocycles. The van der Waals surface area contributed by atoms with E-state index in [1.54, 1.807) is 41.2 Å². The zero-order valence-corrected chi connectivity index (χ0v) is 29.9. The van der Waals surface area contributed by atoms with Crippen LogP contribution in [-0.2, 0) is 9.59 Å². The Morgan fingerprint density at radius 1 is 0.981 bits per heavy atom. The van der Waals surface area contributed by atoms with Crippen molar-refractivity contribution >= 4 is 41.0 Å². The van der Waals surface area contributed by atoms with E-state index in [1.165, 1.54) is 19.2 Å². The second-order valence-electron chi connectivity index (χ2n) is 14.7. The third kappa shape index (κ3) is 8.22. The Morgan fingerprint density at radius 2 is 1.73 bits per heavy atom. The minimum absolute atomic E-state index is 0.184. The number of benzene rings is 2. The number of nitrogens with zero attached hydrogens (tertiary/aromatic N) is 4. The molecule has 1 unspecified atom stereocenters. The highest BCUT2D eigenvalue weighted by Crippen LogP contribution is 2.34. The maximum absolute atomic E-state index is 13.3. The van der Waals surface area contributed by atoms with Crippen LogP contribution in [0.5, 0.6) is 5.75 Å². The van der Waals surface area contributed by atoms with E-state index in [0.29, 0.717) is 41.3 Å². The molecule has 2 saturated heterocycles. The van der Waals surface area contributed by atoms with Gasteiger partial charge in [-0.05, 0) is 99.7 Å². The molecule has 1 atom stereocenters. The van der Waals surface area contributed by atoms with Gasteiger partial charge in [-0.3, -0.25) is 34.4 Å². The molecule has 274 valence electrons. The van der Waals surface area contributed by atoms with Crippen LogP contribution in [0.3, 0.4) is 0 Å². The maximum atomic E-state index is 13.3. The standard InChI is InChI=1S/C40H49N7O5/c1-52-36-24-34(41)28(23-33(36)39(50)43-35-3-2-17-47(40(35)51)31-12-13-31)25-42-29-8-4-26(5-9-29)16-18-45-19-21-46(22-20-45)30-10-6-27(7-11-30)32-14-15-37(48)44-38(32)49/h2-3,6-7,10-11,17,23-26,29,31-32H,4-5,8-9,12-16,18-22,41H2,1H3,(H,43,50)(H,44,48,49). The number of piperidine rings is 1. The molecule has 2 saturated carbocycles. The van der Waals surface area contributed by atoms with Gasteiger partial charge in [-0.1, -0.05) is 12.1 Å². The van der Waals surface area contributed by atoms with Crippen LogP contribution in [0.25, 0.3) is 0 Å². The van der Waals surface area contributed by atoms with Crippen LogP contribution in [0.1, 0.15) is 91.2 Å². The molecule has 3 heterocycles. The molecule has 12 nitrogen and oxygen atoms in total. The lowest BCUT2D eigenvalue weighted by Crippen LogP contribution is -2.47. The number of nitrogens with one attached hydrogen (secondary N) is 2. The zero-order valence-electron chi connectivity index (χ0n) is 29.9. The van der Waals surface area contributed by atoms with E-state index in [4.69, 9.17) is 15.5 Å². The summed E-state index contributed by atoms with van der Waals surface area (Å²) >= 11 is 0. The van der Waals surface area contributed by atoms with Crippen molar-refractivity contribution in [3.8, 4) is 5.75 Å². The molecule has 4 fully saturated rings. The largest absolute Gasteiger partial charge is 0.496 e. The van der Waals surface area contributed by atoms with Crippen LogP contribution >= 0.6 is 0 Å². The number of ether oxygens (including phenoxy) is 1. The fraction of sp³-hybridized carbons (Fsp3) is 0.475. The van der Waals surface area contributed by atoms with Crippen LogP contribution in [0.4, 0.5) is 17.1 Å². The second-order valence-corrected chi connectivity index (χ2v) is 14.7. The SMILES string of the molecule is COc1cc(N)c(C=NC2CCC(CCN3CCN(c4ccc(C5CCC(=O)NC5=O)cc4)CC3)CC2)cc1C(=O)Nc1cccn(C2CC2)c1=O. The summed E-state index contributed by atoms with van der Waals surface area (Å²) in [5.74, 6) is -0.0282. The van der Waals surface area contributed by atoms with E-state index in [2.05, 4.69) is 32.6 Å². The minimum Gasteiger partial charge on any atom is -0.496 e. The van der Waals surface area contributed by atoms with Crippen molar-refractivity contribution in [1.29, 1.82) is 0 Å². The zero-order chi connectivity index (χ0) is 36.2. The van der Waals surface area contributed by atoms with Crippen molar-refractivity contribution in [3.63, 3.8) is 0 Å². The molecule has 7 rings (SSSR count). The number of aliphatic imine (C=N–C) groups is 1. The number of hydrogen-bond acceptors (Lipinski definition) is 9. The molecule has 2 aliphatic carbocycles. The number of methoxy groups -OCH3 is 1. The van der Waals surface area contributed by atoms with E-state index in [9.17, 15) is 19.2 Å². The predicted molar refractivity (Wildman–Crippen MR) is 203 cm³/mol.